The van der Waals surface area contributed by atoms with Crippen molar-refractivity contribution in [3.63, 3.8) is 0 Å². The van der Waals surface area contributed by atoms with E-state index in [-0.39, 0.29) is 5.82 Å². The molecule has 0 fully saturated rings. The van der Waals surface area contributed by atoms with Crippen molar-refractivity contribution >= 4 is 12.0 Å². The SMILES string of the molecule is Cn1c(-c2ccc(F)cc2)cnc1NC/C=C/c1ccccc1. The van der Waals surface area contributed by atoms with Crippen LogP contribution >= 0.6 is 0 Å². The van der Waals surface area contributed by atoms with E-state index in [0.717, 1.165) is 17.2 Å². The Morgan fingerprint density at radius 2 is 1.83 bits per heavy atom. The van der Waals surface area contributed by atoms with Gasteiger partial charge < -0.3 is 9.88 Å². The molecular formula is C19H18FN3. The van der Waals surface area contributed by atoms with E-state index in [0.29, 0.717) is 6.54 Å². The predicted molar refractivity (Wildman–Crippen MR) is 92.6 cm³/mol. The van der Waals surface area contributed by atoms with Crippen LogP contribution in [-0.2, 0) is 7.05 Å². The van der Waals surface area contributed by atoms with Crippen LogP contribution in [0.2, 0.25) is 0 Å². The first-order valence-corrected chi connectivity index (χ1v) is 7.47. The van der Waals surface area contributed by atoms with Crippen molar-refractivity contribution in [3.05, 3.63) is 78.3 Å². The van der Waals surface area contributed by atoms with Crippen molar-refractivity contribution in [2.24, 2.45) is 7.05 Å². The van der Waals surface area contributed by atoms with Gasteiger partial charge >= 0.3 is 0 Å². The molecular weight excluding hydrogens is 289 g/mol. The minimum absolute atomic E-state index is 0.236. The average Bonchev–Trinajstić information content (AvgIpc) is 2.94. The van der Waals surface area contributed by atoms with Crippen LogP contribution in [0.4, 0.5) is 10.3 Å². The zero-order valence-corrected chi connectivity index (χ0v) is 12.9. The summed E-state index contributed by atoms with van der Waals surface area (Å²) in [7, 11) is 1.94. The molecule has 116 valence electrons. The minimum Gasteiger partial charge on any atom is -0.352 e. The second-order valence-corrected chi connectivity index (χ2v) is 5.23. The van der Waals surface area contributed by atoms with E-state index in [1.54, 1.807) is 18.3 Å². The fourth-order valence-electron chi connectivity index (χ4n) is 2.37. The Labute approximate surface area is 135 Å². The van der Waals surface area contributed by atoms with Crippen LogP contribution in [-0.4, -0.2) is 16.1 Å². The number of imidazole rings is 1. The number of aromatic nitrogens is 2. The molecule has 2 aromatic carbocycles. The summed E-state index contributed by atoms with van der Waals surface area (Å²) in [6.45, 7) is 0.683. The van der Waals surface area contributed by atoms with Crippen LogP contribution in [0, 0.1) is 5.82 Å². The molecule has 0 amide bonds. The number of halogens is 1. The van der Waals surface area contributed by atoms with Crippen molar-refractivity contribution in [2.45, 2.75) is 0 Å². The van der Waals surface area contributed by atoms with Gasteiger partial charge in [-0.2, -0.15) is 0 Å². The second-order valence-electron chi connectivity index (χ2n) is 5.23. The molecule has 0 saturated heterocycles. The van der Waals surface area contributed by atoms with Crippen LogP contribution in [0.15, 0.2) is 66.9 Å². The molecule has 1 aromatic heterocycles. The zero-order chi connectivity index (χ0) is 16.1. The average molecular weight is 307 g/mol. The van der Waals surface area contributed by atoms with Crippen molar-refractivity contribution in [3.8, 4) is 11.3 Å². The van der Waals surface area contributed by atoms with Crippen LogP contribution in [0.1, 0.15) is 5.56 Å². The number of nitrogens with zero attached hydrogens (tertiary/aromatic N) is 2. The number of anilines is 1. The normalized spacial score (nSPS) is 11.0. The molecule has 0 spiro atoms. The molecule has 1 N–H and O–H groups in total. The summed E-state index contributed by atoms with van der Waals surface area (Å²) in [6, 6.07) is 16.6. The van der Waals surface area contributed by atoms with E-state index in [1.807, 2.05) is 29.8 Å². The van der Waals surface area contributed by atoms with E-state index in [9.17, 15) is 4.39 Å². The zero-order valence-electron chi connectivity index (χ0n) is 12.9. The van der Waals surface area contributed by atoms with E-state index in [4.69, 9.17) is 0 Å². The van der Waals surface area contributed by atoms with Crippen molar-refractivity contribution in [1.29, 1.82) is 0 Å². The lowest BCUT2D eigenvalue weighted by atomic mass is 10.2. The maximum atomic E-state index is 13.0. The molecule has 23 heavy (non-hydrogen) atoms. The first-order chi connectivity index (χ1) is 11.2. The molecule has 1 heterocycles. The summed E-state index contributed by atoms with van der Waals surface area (Å²) >= 11 is 0. The molecule has 0 saturated carbocycles. The highest BCUT2D eigenvalue weighted by atomic mass is 19.1. The fraction of sp³-hybridized carbons (Fsp3) is 0.105. The lowest BCUT2D eigenvalue weighted by molar-refractivity contribution is 0.628. The third-order valence-corrected chi connectivity index (χ3v) is 3.62. The predicted octanol–water partition coefficient (Wildman–Crippen LogP) is 4.35. The van der Waals surface area contributed by atoms with E-state index < -0.39 is 0 Å². The molecule has 0 aliphatic rings. The Morgan fingerprint density at radius 3 is 2.57 bits per heavy atom. The molecule has 3 rings (SSSR count). The van der Waals surface area contributed by atoms with Gasteiger partial charge in [0.15, 0.2) is 0 Å². The second kappa shape index (κ2) is 6.92. The van der Waals surface area contributed by atoms with Gasteiger partial charge in [0, 0.05) is 19.2 Å². The Kier molecular flexibility index (Phi) is 4.52. The minimum atomic E-state index is -0.236. The lowest BCUT2D eigenvalue weighted by Gasteiger charge is -2.07. The lowest BCUT2D eigenvalue weighted by Crippen LogP contribution is -2.05. The van der Waals surface area contributed by atoms with E-state index in [1.165, 1.54) is 17.7 Å². The van der Waals surface area contributed by atoms with Gasteiger partial charge in [-0.15, -0.1) is 0 Å². The highest BCUT2D eigenvalue weighted by Gasteiger charge is 2.07. The number of hydrogen-bond donors (Lipinski definition) is 1. The molecule has 0 aliphatic carbocycles. The third-order valence-electron chi connectivity index (χ3n) is 3.62. The maximum Gasteiger partial charge on any atom is 0.203 e. The van der Waals surface area contributed by atoms with Gasteiger partial charge in [-0.1, -0.05) is 42.5 Å². The largest absolute Gasteiger partial charge is 0.352 e. The van der Waals surface area contributed by atoms with Crippen molar-refractivity contribution < 1.29 is 4.39 Å². The summed E-state index contributed by atoms with van der Waals surface area (Å²) in [6.07, 6.45) is 5.91. The number of benzene rings is 2. The Morgan fingerprint density at radius 1 is 1.09 bits per heavy atom. The smallest absolute Gasteiger partial charge is 0.203 e. The van der Waals surface area contributed by atoms with Gasteiger partial charge in [0.2, 0.25) is 5.95 Å². The number of hydrogen-bond acceptors (Lipinski definition) is 2. The van der Waals surface area contributed by atoms with Crippen LogP contribution in [0.5, 0.6) is 0 Å². The summed E-state index contributed by atoms with van der Waals surface area (Å²) < 4.78 is 15.0. The highest BCUT2D eigenvalue weighted by molar-refractivity contribution is 5.61. The first kappa shape index (κ1) is 15.0. The molecule has 0 atom stereocenters. The summed E-state index contributed by atoms with van der Waals surface area (Å²) in [4.78, 5) is 4.38. The van der Waals surface area contributed by atoms with Gasteiger partial charge in [0.25, 0.3) is 0 Å². The molecule has 0 aliphatic heterocycles. The Bertz CT molecular complexity index is 789. The van der Waals surface area contributed by atoms with Crippen molar-refractivity contribution in [2.75, 3.05) is 11.9 Å². The quantitative estimate of drug-likeness (QED) is 0.759. The first-order valence-electron chi connectivity index (χ1n) is 7.47. The van der Waals surface area contributed by atoms with E-state index in [2.05, 4.69) is 34.6 Å². The standard InChI is InChI=1S/C19H18FN3/c1-23-18(16-9-11-17(20)12-10-16)14-22-19(23)21-13-5-8-15-6-3-2-4-7-15/h2-12,14H,13H2,1H3,(H,21,22)/b8-5+. The van der Waals surface area contributed by atoms with Gasteiger partial charge in [-0.3, -0.25) is 0 Å². The maximum absolute atomic E-state index is 13.0. The summed E-state index contributed by atoms with van der Waals surface area (Å²) in [5.41, 5.74) is 3.05. The van der Waals surface area contributed by atoms with Crippen LogP contribution in [0.25, 0.3) is 17.3 Å². The molecule has 0 radical (unpaired) electrons. The highest BCUT2D eigenvalue weighted by Crippen LogP contribution is 2.22. The van der Waals surface area contributed by atoms with Gasteiger partial charge in [-0.05, 0) is 29.8 Å². The monoisotopic (exact) mass is 307 g/mol. The Balaban J connectivity index is 1.65. The van der Waals surface area contributed by atoms with Gasteiger partial charge in [0.05, 0.1) is 11.9 Å². The van der Waals surface area contributed by atoms with Crippen LogP contribution in [0.3, 0.4) is 0 Å². The van der Waals surface area contributed by atoms with Gasteiger partial charge in [-0.25, -0.2) is 9.37 Å². The topological polar surface area (TPSA) is 29.9 Å². The summed E-state index contributed by atoms with van der Waals surface area (Å²) in [5, 5.41) is 3.28. The Hall–Kier alpha value is -2.88. The van der Waals surface area contributed by atoms with E-state index >= 15 is 0 Å². The number of nitrogens with one attached hydrogen (secondary N) is 1. The molecule has 4 heteroatoms. The molecule has 0 bridgehead atoms. The summed E-state index contributed by atoms with van der Waals surface area (Å²) in [5.74, 6) is 0.544. The van der Waals surface area contributed by atoms with Crippen molar-refractivity contribution in [1.82, 2.24) is 9.55 Å². The number of rotatable bonds is 5. The molecule has 3 aromatic rings. The molecule has 3 nitrogen and oxygen atoms in total. The molecule has 0 unspecified atom stereocenters. The third kappa shape index (κ3) is 3.66. The van der Waals surface area contributed by atoms with Crippen LogP contribution < -0.4 is 5.32 Å². The fourth-order valence-corrected chi connectivity index (χ4v) is 2.37. The van der Waals surface area contributed by atoms with Gasteiger partial charge in [0.1, 0.15) is 5.82 Å².